The van der Waals surface area contributed by atoms with E-state index in [1.807, 2.05) is 49.5 Å². The average molecular weight is 395 g/mol. The van der Waals surface area contributed by atoms with Gasteiger partial charge in [-0.25, -0.2) is 0 Å². The van der Waals surface area contributed by atoms with Crippen molar-refractivity contribution in [1.29, 1.82) is 0 Å². The van der Waals surface area contributed by atoms with Gasteiger partial charge in [0.25, 0.3) is 0 Å². The number of amides is 1. The van der Waals surface area contributed by atoms with Gasteiger partial charge in [0.1, 0.15) is 0 Å². The van der Waals surface area contributed by atoms with Crippen LogP contribution in [-0.4, -0.2) is 10.9 Å². The van der Waals surface area contributed by atoms with Crippen LogP contribution in [0, 0.1) is 13.8 Å². The highest BCUT2D eigenvalue weighted by atomic mass is 16.1. The highest BCUT2D eigenvalue weighted by molar-refractivity contribution is 5.97. The van der Waals surface area contributed by atoms with Crippen molar-refractivity contribution in [3.8, 4) is 11.1 Å². The summed E-state index contributed by atoms with van der Waals surface area (Å²) in [6.45, 7) is 6.61. The summed E-state index contributed by atoms with van der Waals surface area (Å²) in [6, 6.07) is 22.9. The number of aryl methyl sites for hydroxylation is 2. The Morgan fingerprint density at radius 3 is 2.57 bits per heavy atom. The van der Waals surface area contributed by atoms with Crippen LogP contribution in [0.4, 0.5) is 0 Å². The molecule has 0 aliphatic heterocycles. The van der Waals surface area contributed by atoms with Crippen LogP contribution in [0.15, 0.2) is 78.5 Å². The normalized spacial score (nSPS) is 11.6. The molecule has 0 saturated carbocycles. The summed E-state index contributed by atoms with van der Waals surface area (Å²) in [5.41, 5.74) is 8.79. The van der Waals surface area contributed by atoms with Crippen molar-refractivity contribution in [3.05, 3.63) is 101 Å². The molecule has 0 radical (unpaired) electrons. The Labute approximate surface area is 177 Å². The highest BCUT2D eigenvalue weighted by Crippen LogP contribution is 2.30. The number of H-pyrrole nitrogens is 1. The Kier molecular flexibility index (Phi) is 5.53. The molecule has 150 valence electrons. The zero-order valence-corrected chi connectivity index (χ0v) is 17.6. The van der Waals surface area contributed by atoms with E-state index in [1.165, 1.54) is 22.1 Å². The molecule has 0 aliphatic carbocycles. The van der Waals surface area contributed by atoms with Crippen molar-refractivity contribution in [2.24, 2.45) is 0 Å². The third kappa shape index (κ3) is 4.20. The summed E-state index contributed by atoms with van der Waals surface area (Å²) in [5.74, 6) is -0.0436. The van der Waals surface area contributed by atoms with E-state index in [9.17, 15) is 4.79 Å². The summed E-state index contributed by atoms with van der Waals surface area (Å²) in [7, 11) is 0. The number of benzene rings is 3. The monoisotopic (exact) mass is 394 g/mol. The van der Waals surface area contributed by atoms with Crippen LogP contribution in [-0.2, 0) is 11.3 Å². The van der Waals surface area contributed by atoms with Crippen molar-refractivity contribution < 1.29 is 4.79 Å². The third-order valence-corrected chi connectivity index (χ3v) is 5.50. The average Bonchev–Trinajstić information content (AvgIpc) is 3.23. The van der Waals surface area contributed by atoms with Gasteiger partial charge in [0.2, 0.25) is 5.91 Å². The van der Waals surface area contributed by atoms with E-state index in [0.717, 1.165) is 22.2 Å². The van der Waals surface area contributed by atoms with Crippen LogP contribution < -0.4 is 5.32 Å². The molecule has 1 amide bonds. The van der Waals surface area contributed by atoms with Crippen LogP contribution in [0.3, 0.4) is 0 Å². The molecule has 2 N–H and O–H groups in total. The third-order valence-electron chi connectivity index (χ3n) is 5.50. The predicted molar refractivity (Wildman–Crippen MR) is 125 cm³/mol. The number of aromatic amines is 1. The SMILES string of the molecule is C/C(=C\c1cc(C)c(-c2ccc3[nH]ccc3c2)cc1C)C(=O)NCc1ccccc1. The first-order valence-corrected chi connectivity index (χ1v) is 10.2. The number of nitrogens with one attached hydrogen (secondary N) is 2. The van der Waals surface area contributed by atoms with Crippen LogP contribution >= 0.6 is 0 Å². The fourth-order valence-electron chi connectivity index (χ4n) is 3.74. The second-order valence-electron chi connectivity index (χ2n) is 7.80. The largest absolute Gasteiger partial charge is 0.361 e. The second-order valence-corrected chi connectivity index (χ2v) is 7.80. The Morgan fingerprint density at radius 1 is 0.967 bits per heavy atom. The first-order valence-electron chi connectivity index (χ1n) is 10.2. The lowest BCUT2D eigenvalue weighted by Gasteiger charge is -2.12. The first kappa shape index (κ1) is 19.7. The lowest BCUT2D eigenvalue weighted by atomic mass is 9.93. The van der Waals surface area contributed by atoms with E-state index in [2.05, 4.69) is 60.5 Å². The van der Waals surface area contributed by atoms with Crippen LogP contribution in [0.1, 0.15) is 29.2 Å². The van der Waals surface area contributed by atoms with Crippen molar-refractivity contribution in [2.45, 2.75) is 27.3 Å². The zero-order chi connectivity index (χ0) is 21.1. The Hall–Kier alpha value is -3.59. The van der Waals surface area contributed by atoms with Gasteiger partial charge in [-0.15, -0.1) is 0 Å². The molecule has 0 aliphatic rings. The van der Waals surface area contributed by atoms with Gasteiger partial charge in [-0.1, -0.05) is 48.5 Å². The molecule has 30 heavy (non-hydrogen) atoms. The van der Waals surface area contributed by atoms with Gasteiger partial charge in [0.05, 0.1) is 0 Å². The van der Waals surface area contributed by atoms with Gasteiger partial charge in [-0.2, -0.15) is 0 Å². The quantitative estimate of drug-likeness (QED) is 0.391. The molecule has 1 aromatic heterocycles. The maximum Gasteiger partial charge on any atom is 0.247 e. The van der Waals surface area contributed by atoms with E-state index in [-0.39, 0.29) is 5.91 Å². The Balaban J connectivity index is 1.55. The summed E-state index contributed by atoms with van der Waals surface area (Å²) < 4.78 is 0. The molecule has 1 heterocycles. The van der Waals surface area contributed by atoms with Crippen LogP contribution in [0.5, 0.6) is 0 Å². The number of aromatic nitrogens is 1. The highest BCUT2D eigenvalue weighted by Gasteiger charge is 2.09. The molecule has 0 fully saturated rings. The molecule has 3 heteroatoms. The van der Waals surface area contributed by atoms with Gasteiger partial charge in [0.15, 0.2) is 0 Å². The Morgan fingerprint density at radius 2 is 1.77 bits per heavy atom. The molecule has 3 nitrogen and oxygen atoms in total. The summed E-state index contributed by atoms with van der Waals surface area (Å²) >= 11 is 0. The minimum Gasteiger partial charge on any atom is -0.361 e. The van der Waals surface area contributed by atoms with Crippen molar-refractivity contribution >= 4 is 22.9 Å². The van der Waals surface area contributed by atoms with E-state index in [4.69, 9.17) is 0 Å². The molecule has 4 rings (SSSR count). The molecule has 4 aromatic rings. The van der Waals surface area contributed by atoms with E-state index >= 15 is 0 Å². The van der Waals surface area contributed by atoms with Gasteiger partial charge in [-0.05, 0) is 83.8 Å². The maximum absolute atomic E-state index is 12.5. The summed E-state index contributed by atoms with van der Waals surface area (Å²) in [4.78, 5) is 15.8. The second kappa shape index (κ2) is 8.42. The minimum atomic E-state index is -0.0436. The molecular weight excluding hydrogens is 368 g/mol. The lowest BCUT2D eigenvalue weighted by molar-refractivity contribution is -0.117. The van der Waals surface area contributed by atoms with E-state index in [0.29, 0.717) is 12.1 Å². The minimum absolute atomic E-state index is 0.0436. The fourth-order valence-corrected chi connectivity index (χ4v) is 3.74. The molecule has 0 bridgehead atoms. The summed E-state index contributed by atoms with van der Waals surface area (Å²) in [5, 5.41) is 4.20. The standard InChI is InChI=1S/C27H26N2O/c1-18-15-25(22-9-10-26-23(16-22)11-12-28-26)19(2)13-24(18)14-20(3)27(30)29-17-21-7-5-4-6-8-21/h4-16,28H,17H2,1-3H3,(H,29,30)/b20-14+. The molecule has 0 unspecified atom stereocenters. The van der Waals surface area contributed by atoms with Gasteiger partial charge in [0, 0.05) is 23.8 Å². The van der Waals surface area contributed by atoms with Crippen LogP contribution in [0.25, 0.3) is 28.1 Å². The zero-order valence-electron chi connectivity index (χ0n) is 17.6. The van der Waals surface area contributed by atoms with E-state index in [1.54, 1.807) is 0 Å². The first-order chi connectivity index (χ1) is 14.5. The van der Waals surface area contributed by atoms with Gasteiger partial charge < -0.3 is 10.3 Å². The Bertz CT molecular complexity index is 1230. The maximum atomic E-state index is 12.5. The fraction of sp³-hybridized carbons (Fsp3) is 0.148. The molecule has 0 saturated heterocycles. The number of hydrogen-bond donors (Lipinski definition) is 2. The molecular formula is C27H26N2O. The molecule has 3 aromatic carbocycles. The lowest BCUT2D eigenvalue weighted by Crippen LogP contribution is -2.23. The number of fused-ring (bicyclic) bond motifs is 1. The summed E-state index contributed by atoms with van der Waals surface area (Å²) in [6.07, 6.45) is 3.94. The van der Waals surface area contributed by atoms with Crippen molar-refractivity contribution in [3.63, 3.8) is 0 Å². The molecule has 0 atom stereocenters. The topological polar surface area (TPSA) is 44.9 Å². The van der Waals surface area contributed by atoms with Crippen molar-refractivity contribution in [1.82, 2.24) is 10.3 Å². The van der Waals surface area contributed by atoms with Crippen LogP contribution in [0.2, 0.25) is 0 Å². The predicted octanol–water partition coefficient (Wildman–Crippen LogP) is 6.17. The molecule has 0 spiro atoms. The number of carbonyl (C=O) groups is 1. The van der Waals surface area contributed by atoms with Gasteiger partial charge >= 0.3 is 0 Å². The van der Waals surface area contributed by atoms with E-state index < -0.39 is 0 Å². The number of hydrogen-bond acceptors (Lipinski definition) is 1. The van der Waals surface area contributed by atoms with Gasteiger partial charge in [-0.3, -0.25) is 4.79 Å². The van der Waals surface area contributed by atoms with Crippen molar-refractivity contribution in [2.75, 3.05) is 0 Å². The number of carbonyl (C=O) groups excluding carboxylic acids is 1. The smallest absolute Gasteiger partial charge is 0.247 e. The number of rotatable bonds is 5.